The monoisotopic (exact) mass is 299 g/mol. The predicted molar refractivity (Wildman–Crippen MR) is 65.7 cm³/mol. The number of aromatic nitrogens is 1. The number of nitrogens with zero attached hydrogens (tertiary/aromatic N) is 1. The van der Waals surface area contributed by atoms with Gasteiger partial charge in [-0.05, 0) is 36.0 Å². The van der Waals surface area contributed by atoms with Gasteiger partial charge in [-0.2, -0.15) is 13.2 Å². The van der Waals surface area contributed by atoms with E-state index in [1.807, 2.05) is 0 Å². The number of rotatable bonds is 2. The maximum Gasteiger partial charge on any atom is 0.416 e. The minimum Gasteiger partial charge on any atom is -0.259 e. The Hall–Kier alpha value is -1.98. The molecular formula is C15H10F5N. The molecule has 0 N–H and O–H groups in total. The second-order valence-electron chi connectivity index (χ2n) is 5.09. The Kier molecular flexibility index (Phi) is 3.19. The van der Waals surface area contributed by atoms with E-state index in [0.717, 1.165) is 24.5 Å². The van der Waals surface area contributed by atoms with Gasteiger partial charge >= 0.3 is 6.18 Å². The van der Waals surface area contributed by atoms with Gasteiger partial charge in [-0.25, -0.2) is 8.78 Å². The van der Waals surface area contributed by atoms with Crippen molar-refractivity contribution in [2.24, 2.45) is 0 Å². The average molecular weight is 299 g/mol. The Morgan fingerprint density at radius 2 is 1.48 bits per heavy atom. The van der Waals surface area contributed by atoms with E-state index in [0.29, 0.717) is 12.0 Å². The number of benzene rings is 1. The highest BCUT2D eigenvalue weighted by atomic mass is 19.4. The van der Waals surface area contributed by atoms with Gasteiger partial charge in [-0.3, -0.25) is 4.98 Å². The van der Waals surface area contributed by atoms with Crippen molar-refractivity contribution in [3.8, 4) is 0 Å². The maximum atomic E-state index is 13.6. The molecule has 0 bridgehead atoms. The largest absolute Gasteiger partial charge is 0.416 e. The summed E-state index contributed by atoms with van der Waals surface area (Å²) in [4.78, 5) is 3.42. The van der Waals surface area contributed by atoms with Crippen LogP contribution >= 0.6 is 0 Å². The molecule has 110 valence electrons. The summed E-state index contributed by atoms with van der Waals surface area (Å²) in [7, 11) is 0. The molecule has 1 fully saturated rings. The van der Waals surface area contributed by atoms with Crippen molar-refractivity contribution in [1.29, 1.82) is 0 Å². The van der Waals surface area contributed by atoms with Crippen LogP contribution in [0, 0.1) is 11.6 Å². The molecular weight excluding hydrogens is 289 g/mol. The van der Waals surface area contributed by atoms with Crippen LogP contribution < -0.4 is 0 Å². The zero-order valence-corrected chi connectivity index (χ0v) is 10.7. The van der Waals surface area contributed by atoms with Crippen LogP contribution in [0.3, 0.4) is 0 Å². The molecule has 2 atom stereocenters. The highest BCUT2D eigenvalue weighted by molar-refractivity contribution is 5.38. The number of hydrogen-bond acceptors (Lipinski definition) is 1. The highest BCUT2D eigenvalue weighted by Crippen LogP contribution is 2.55. The van der Waals surface area contributed by atoms with Gasteiger partial charge in [0, 0.05) is 5.56 Å². The summed E-state index contributed by atoms with van der Waals surface area (Å²) in [6.07, 6.45) is -1.98. The lowest BCUT2D eigenvalue weighted by Gasteiger charge is -2.08. The summed E-state index contributed by atoms with van der Waals surface area (Å²) in [6, 6.07) is 4.71. The third kappa shape index (κ3) is 2.62. The molecule has 1 aliphatic carbocycles. The molecule has 0 amide bonds. The second kappa shape index (κ2) is 4.79. The molecule has 1 heterocycles. The minimum absolute atomic E-state index is 0.0325. The molecule has 0 saturated heterocycles. The molecule has 2 aromatic rings. The summed E-state index contributed by atoms with van der Waals surface area (Å²) in [5.41, 5.74) is -0.108. The quantitative estimate of drug-likeness (QED) is 0.736. The first-order valence-corrected chi connectivity index (χ1v) is 6.34. The van der Waals surface area contributed by atoms with Crippen molar-refractivity contribution < 1.29 is 22.0 Å². The first kappa shape index (κ1) is 14.0. The molecule has 1 aromatic heterocycles. The summed E-state index contributed by atoms with van der Waals surface area (Å²) >= 11 is 0. The third-order valence-corrected chi connectivity index (χ3v) is 3.72. The van der Waals surface area contributed by atoms with Gasteiger partial charge in [0.1, 0.15) is 11.6 Å². The van der Waals surface area contributed by atoms with Crippen molar-refractivity contribution in [2.75, 3.05) is 0 Å². The highest BCUT2D eigenvalue weighted by Gasteiger charge is 2.43. The third-order valence-electron chi connectivity index (χ3n) is 3.72. The van der Waals surface area contributed by atoms with E-state index >= 15 is 0 Å². The molecule has 2 unspecified atom stereocenters. The number of alkyl halides is 3. The fourth-order valence-corrected chi connectivity index (χ4v) is 2.58. The molecule has 0 radical (unpaired) electrons. The lowest BCUT2D eigenvalue weighted by atomic mass is 10.0. The topological polar surface area (TPSA) is 12.9 Å². The van der Waals surface area contributed by atoms with Gasteiger partial charge < -0.3 is 0 Å². The summed E-state index contributed by atoms with van der Waals surface area (Å²) in [5.74, 6) is -1.92. The fraction of sp³-hybridized carbons (Fsp3) is 0.267. The Balaban J connectivity index is 1.82. The SMILES string of the molecule is Fc1cncc(F)c1C1CC1c1ccc(C(F)(F)F)cc1. The number of pyridine rings is 1. The fourth-order valence-electron chi connectivity index (χ4n) is 2.58. The molecule has 1 saturated carbocycles. The molecule has 1 nitrogen and oxygen atoms in total. The van der Waals surface area contributed by atoms with Crippen molar-refractivity contribution >= 4 is 0 Å². The van der Waals surface area contributed by atoms with E-state index in [-0.39, 0.29) is 17.4 Å². The predicted octanol–water partition coefficient (Wildman–Crippen LogP) is 4.65. The summed E-state index contributed by atoms with van der Waals surface area (Å²) < 4.78 is 64.6. The van der Waals surface area contributed by atoms with Crippen LogP contribution in [0.5, 0.6) is 0 Å². The lowest BCUT2D eigenvalue weighted by Crippen LogP contribution is -2.04. The van der Waals surface area contributed by atoms with Crippen LogP contribution in [0.25, 0.3) is 0 Å². The maximum absolute atomic E-state index is 13.6. The minimum atomic E-state index is -4.38. The van der Waals surface area contributed by atoms with E-state index in [4.69, 9.17) is 0 Å². The van der Waals surface area contributed by atoms with Crippen LogP contribution in [0.15, 0.2) is 36.7 Å². The van der Waals surface area contributed by atoms with E-state index < -0.39 is 23.4 Å². The van der Waals surface area contributed by atoms with E-state index in [1.54, 1.807) is 0 Å². The van der Waals surface area contributed by atoms with Crippen molar-refractivity contribution in [2.45, 2.75) is 24.4 Å². The molecule has 1 aliphatic rings. The summed E-state index contributed by atoms with van der Waals surface area (Å²) in [5, 5.41) is 0. The van der Waals surface area contributed by atoms with Crippen LogP contribution in [0.4, 0.5) is 22.0 Å². The normalized spacial score (nSPS) is 21.4. The molecule has 0 aliphatic heterocycles. The van der Waals surface area contributed by atoms with Crippen LogP contribution in [0.1, 0.15) is 34.9 Å². The molecule has 6 heteroatoms. The Bertz CT molecular complexity index is 643. The van der Waals surface area contributed by atoms with E-state index in [2.05, 4.69) is 4.98 Å². The average Bonchev–Trinajstić information content (AvgIpc) is 3.18. The van der Waals surface area contributed by atoms with Crippen molar-refractivity contribution in [3.63, 3.8) is 0 Å². The van der Waals surface area contributed by atoms with E-state index in [1.165, 1.54) is 12.1 Å². The van der Waals surface area contributed by atoms with Gasteiger partial charge in [-0.1, -0.05) is 12.1 Å². The van der Waals surface area contributed by atoms with Gasteiger partial charge in [0.15, 0.2) is 0 Å². The zero-order valence-electron chi connectivity index (χ0n) is 10.7. The van der Waals surface area contributed by atoms with Crippen molar-refractivity contribution in [3.05, 3.63) is 65.0 Å². The van der Waals surface area contributed by atoms with Gasteiger partial charge in [0.25, 0.3) is 0 Å². The standard InChI is InChI=1S/C15H10F5N/c16-12-6-21-7-13(17)14(12)11-5-10(11)8-1-3-9(4-2-8)15(18,19)20/h1-4,6-7,10-11H,5H2. The first-order chi connectivity index (χ1) is 9.88. The molecule has 21 heavy (non-hydrogen) atoms. The smallest absolute Gasteiger partial charge is 0.259 e. The van der Waals surface area contributed by atoms with Crippen molar-refractivity contribution in [1.82, 2.24) is 4.98 Å². The Morgan fingerprint density at radius 1 is 0.905 bits per heavy atom. The zero-order chi connectivity index (χ0) is 15.2. The number of hydrogen-bond donors (Lipinski definition) is 0. The van der Waals surface area contributed by atoms with Crippen LogP contribution in [-0.2, 0) is 6.18 Å². The molecule has 3 rings (SSSR count). The first-order valence-electron chi connectivity index (χ1n) is 6.34. The van der Waals surface area contributed by atoms with Gasteiger partial charge in [0.2, 0.25) is 0 Å². The molecule has 1 aromatic carbocycles. The van der Waals surface area contributed by atoms with Gasteiger partial charge in [-0.15, -0.1) is 0 Å². The van der Waals surface area contributed by atoms with Crippen LogP contribution in [0.2, 0.25) is 0 Å². The Morgan fingerprint density at radius 3 is 2.00 bits per heavy atom. The van der Waals surface area contributed by atoms with E-state index in [9.17, 15) is 22.0 Å². The Labute approximate surface area is 117 Å². The summed E-state index contributed by atoms with van der Waals surface area (Å²) in [6.45, 7) is 0. The second-order valence-corrected chi connectivity index (χ2v) is 5.09. The molecule has 0 spiro atoms. The van der Waals surface area contributed by atoms with Crippen LogP contribution in [-0.4, -0.2) is 4.98 Å². The number of halogens is 5. The van der Waals surface area contributed by atoms with Gasteiger partial charge in [0.05, 0.1) is 18.0 Å². The lowest BCUT2D eigenvalue weighted by molar-refractivity contribution is -0.137.